The Morgan fingerprint density at radius 1 is 1.15 bits per heavy atom. The van der Waals surface area contributed by atoms with Crippen molar-refractivity contribution in [1.29, 1.82) is 0 Å². The largest absolute Gasteiger partial charge is 0.491 e. The molecule has 20 heavy (non-hydrogen) atoms. The van der Waals surface area contributed by atoms with Crippen LogP contribution in [0.4, 0.5) is 4.39 Å². The quantitative estimate of drug-likeness (QED) is 0.653. The monoisotopic (exact) mass is 289 g/mol. The van der Waals surface area contributed by atoms with E-state index < -0.39 is 5.82 Å². The van der Waals surface area contributed by atoms with Gasteiger partial charge in [-0.25, -0.2) is 4.39 Å². The lowest BCUT2D eigenvalue weighted by molar-refractivity contribution is 0.295. The van der Waals surface area contributed by atoms with Gasteiger partial charge in [-0.3, -0.25) is 0 Å². The van der Waals surface area contributed by atoms with Gasteiger partial charge in [0.15, 0.2) is 11.6 Å². The second-order valence-corrected chi connectivity index (χ2v) is 4.89. The molecule has 0 aliphatic heterocycles. The molecule has 0 atom stereocenters. The van der Waals surface area contributed by atoms with E-state index >= 15 is 0 Å². The Kier molecular flexibility index (Phi) is 5.07. The first-order valence-corrected chi connectivity index (χ1v) is 6.84. The van der Waals surface area contributed by atoms with Crippen LogP contribution in [0.15, 0.2) is 48.5 Å². The van der Waals surface area contributed by atoms with Gasteiger partial charge in [0.2, 0.25) is 0 Å². The molecular formula is C16H16FNOS. The minimum Gasteiger partial charge on any atom is -0.491 e. The highest BCUT2D eigenvalue weighted by atomic mass is 32.1. The van der Waals surface area contributed by atoms with Crippen molar-refractivity contribution < 1.29 is 9.13 Å². The van der Waals surface area contributed by atoms with Crippen LogP contribution in [0.25, 0.3) is 0 Å². The smallest absolute Gasteiger partial charge is 0.165 e. The molecular weight excluding hydrogens is 273 g/mol. The highest BCUT2D eigenvalue weighted by Gasteiger charge is 2.06. The molecule has 0 unspecified atom stereocenters. The van der Waals surface area contributed by atoms with Crippen LogP contribution in [0, 0.1) is 5.82 Å². The Labute approximate surface area is 123 Å². The first-order valence-electron chi connectivity index (χ1n) is 6.43. The van der Waals surface area contributed by atoms with E-state index in [0.29, 0.717) is 12.2 Å². The van der Waals surface area contributed by atoms with E-state index in [-0.39, 0.29) is 10.7 Å². The molecule has 0 aliphatic rings. The molecule has 2 N–H and O–H groups in total. The fourth-order valence-corrected chi connectivity index (χ4v) is 2.00. The number of nitrogens with two attached hydrogens (primary N) is 1. The predicted octanol–water partition coefficient (Wildman–Crippen LogP) is 3.47. The van der Waals surface area contributed by atoms with E-state index in [1.165, 1.54) is 11.6 Å². The van der Waals surface area contributed by atoms with Gasteiger partial charge in [-0.05, 0) is 36.6 Å². The topological polar surface area (TPSA) is 35.2 Å². The Morgan fingerprint density at radius 3 is 2.55 bits per heavy atom. The fraction of sp³-hybridized carbons (Fsp3) is 0.188. The summed E-state index contributed by atoms with van der Waals surface area (Å²) in [5.74, 6) is -0.201. The van der Waals surface area contributed by atoms with Crippen LogP contribution in [0.2, 0.25) is 0 Å². The van der Waals surface area contributed by atoms with Crippen molar-refractivity contribution in [2.24, 2.45) is 5.73 Å². The Balaban J connectivity index is 1.84. The minimum atomic E-state index is -0.435. The molecule has 0 bridgehead atoms. The number of thiocarbonyl (C=S) groups is 1. The summed E-state index contributed by atoms with van der Waals surface area (Å²) in [4.78, 5) is 0.180. The van der Waals surface area contributed by atoms with E-state index in [1.807, 2.05) is 18.2 Å². The van der Waals surface area contributed by atoms with E-state index in [2.05, 4.69) is 12.1 Å². The van der Waals surface area contributed by atoms with Crippen molar-refractivity contribution in [2.75, 3.05) is 6.61 Å². The first kappa shape index (κ1) is 14.5. The Bertz CT molecular complexity index is 586. The van der Waals surface area contributed by atoms with Crippen LogP contribution in [-0.2, 0) is 6.42 Å². The molecule has 104 valence electrons. The summed E-state index contributed by atoms with van der Waals surface area (Å²) in [6.07, 6.45) is 1.74. The number of ether oxygens (including phenoxy) is 1. The lowest BCUT2D eigenvalue weighted by Gasteiger charge is -2.08. The van der Waals surface area contributed by atoms with E-state index in [9.17, 15) is 4.39 Å². The van der Waals surface area contributed by atoms with Crippen LogP contribution in [0.5, 0.6) is 5.75 Å². The zero-order chi connectivity index (χ0) is 14.4. The van der Waals surface area contributed by atoms with Crippen molar-refractivity contribution in [3.05, 3.63) is 65.5 Å². The van der Waals surface area contributed by atoms with Gasteiger partial charge in [0.1, 0.15) is 4.99 Å². The summed E-state index contributed by atoms with van der Waals surface area (Å²) in [5.41, 5.74) is 7.20. The third-order valence-electron chi connectivity index (χ3n) is 2.93. The van der Waals surface area contributed by atoms with Gasteiger partial charge >= 0.3 is 0 Å². The third-order valence-corrected chi connectivity index (χ3v) is 3.16. The zero-order valence-corrected chi connectivity index (χ0v) is 11.8. The maximum atomic E-state index is 13.7. The summed E-state index contributed by atoms with van der Waals surface area (Å²) < 4.78 is 19.2. The second kappa shape index (κ2) is 7.01. The predicted molar refractivity (Wildman–Crippen MR) is 82.5 cm³/mol. The van der Waals surface area contributed by atoms with Crippen LogP contribution in [0.1, 0.15) is 17.5 Å². The van der Waals surface area contributed by atoms with Gasteiger partial charge in [-0.2, -0.15) is 0 Å². The molecule has 0 fully saturated rings. The molecule has 0 saturated heterocycles. The van der Waals surface area contributed by atoms with Crippen molar-refractivity contribution in [3.63, 3.8) is 0 Å². The molecule has 0 aliphatic carbocycles. The van der Waals surface area contributed by atoms with Crippen LogP contribution in [0.3, 0.4) is 0 Å². The summed E-state index contributed by atoms with van der Waals surface area (Å²) in [6.45, 7) is 0.470. The second-order valence-electron chi connectivity index (χ2n) is 4.45. The molecule has 0 saturated carbocycles. The Hall–Kier alpha value is -1.94. The molecule has 2 aromatic rings. The maximum absolute atomic E-state index is 13.7. The number of hydrogen-bond acceptors (Lipinski definition) is 2. The molecule has 4 heteroatoms. The van der Waals surface area contributed by atoms with Gasteiger partial charge in [0.25, 0.3) is 0 Å². The van der Waals surface area contributed by atoms with Crippen LogP contribution in [-0.4, -0.2) is 11.6 Å². The minimum absolute atomic E-state index is 0.180. The average molecular weight is 289 g/mol. The van der Waals surface area contributed by atoms with Gasteiger partial charge < -0.3 is 10.5 Å². The van der Waals surface area contributed by atoms with Gasteiger partial charge in [-0.1, -0.05) is 42.5 Å². The van der Waals surface area contributed by atoms with Crippen molar-refractivity contribution >= 4 is 17.2 Å². The Morgan fingerprint density at radius 2 is 1.90 bits per heavy atom. The lowest BCUT2D eigenvalue weighted by Crippen LogP contribution is -2.10. The molecule has 2 rings (SSSR count). The number of aryl methyl sites for hydroxylation is 1. The lowest BCUT2D eigenvalue weighted by atomic mass is 10.1. The van der Waals surface area contributed by atoms with Gasteiger partial charge in [0, 0.05) is 5.56 Å². The van der Waals surface area contributed by atoms with Gasteiger partial charge in [0.05, 0.1) is 6.61 Å². The molecule has 0 heterocycles. The molecule has 0 radical (unpaired) electrons. The maximum Gasteiger partial charge on any atom is 0.165 e. The van der Waals surface area contributed by atoms with Crippen LogP contribution < -0.4 is 10.5 Å². The summed E-state index contributed by atoms with van der Waals surface area (Å²) in [7, 11) is 0. The summed E-state index contributed by atoms with van der Waals surface area (Å²) >= 11 is 4.80. The highest BCUT2D eigenvalue weighted by molar-refractivity contribution is 7.80. The molecule has 2 nitrogen and oxygen atoms in total. The summed E-state index contributed by atoms with van der Waals surface area (Å²) in [5, 5.41) is 0. The molecule has 2 aromatic carbocycles. The zero-order valence-electron chi connectivity index (χ0n) is 11.0. The molecule has 0 amide bonds. The van der Waals surface area contributed by atoms with Gasteiger partial charge in [-0.15, -0.1) is 0 Å². The van der Waals surface area contributed by atoms with Crippen molar-refractivity contribution in [1.82, 2.24) is 0 Å². The average Bonchev–Trinajstić information content (AvgIpc) is 2.46. The van der Waals surface area contributed by atoms with Crippen LogP contribution >= 0.6 is 12.2 Å². The number of rotatable bonds is 6. The standard InChI is InChI=1S/C16H16FNOS/c17-14-11-13(16(18)20)8-9-15(14)19-10-4-7-12-5-2-1-3-6-12/h1-3,5-6,8-9,11H,4,7,10H2,(H2,18,20). The van der Waals surface area contributed by atoms with E-state index in [4.69, 9.17) is 22.7 Å². The number of benzene rings is 2. The van der Waals surface area contributed by atoms with E-state index in [0.717, 1.165) is 12.8 Å². The van der Waals surface area contributed by atoms with Crippen molar-refractivity contribution in [2.45, 2.75) is 12.8 Å². The van der Waals surface area contributed by atoms with Crippen molar-refractivity contribution in [3.8, 4) is 5.75 Å². The molecule has 0 spiro atoms. The SMILES string of the molecule is NC(=S)c1ccc(OCCCc2ccccc2)c(F)c1. The molecule has 0 aromatic heterocycles. The highest BCUT2D eigenvalue weighted by Crippen LogP contribution is 2.18. The van der Waals surface area contributed by atoms with E-state index in [1.54, 1.807) is 12.1 Å². The normalized spacial score (nSPS) is 10.2. The first-order chi connectivity index (χ1) is 9.66. The fourth-order valence-electron chi connectivity index (χ4n) is 1.87. The number of hydrogen-bond donors (Lipinski definition) is 1. The summed E-state index contributed by atoms with van der Waals surface area (Å²) in [6, 6.07) is 14.7. The number of halogens is 1. The third kappa shape index (κ3) is 4.03.